The minimum absolute atomic E-state index is 0.0235. The molecule has 1 aliphatic rings. The lowest BCUT2D eigenvalue weighted by molar-refractivity contribution is -0.0365. The Hall–Kier alpha value is -2.99. The maximum atomic E-state index is 5.98. The first-order chi connectivity index (χ1) is 12.9. The number of aromatic nitrogens is 5. The fourth-order valence-electron chi connectivity index (χ4n) is 3.51. The van der Waals surface area contributed by atoms with Crippen LogP contribution in [0.5, 0.6) is 0 Å². The summed E-state index contributed by atoms with van der Waals surface area (Å²) in [6, 6.07) is 12.3. The van der Waals surface area contributed by atoms with Crippen molar-refractivity contribution in [3.63, 3.8) is 0 Å². The number of ether oxygens (including phenoxy) is 1. The van der Waals surface area contributed by atoms with Crippen LogP contribution in [0.25, 0.3) is 28.0 Å². The first-order valence-electron chi connectivity index (χ1n) is 8.94. The zero-order valence-corrected chi connectivity index (χ0v) is 14.3. The molecule has 0 spiro atoms. The first-order valence-corrected chi connectivity index (χ1v) is 8.94. The van der Waals surface area contributed by atoms with E-state index < -0.39 is 0 Å². The van der Waals surface area contributed by atoms with Gasteiger partial charge < -0.3 is 4.74 Å². The van der Waals surface area contributed by atoms with Gasteiger partial charge in [-0.2, -0.15) is 5.10 Å². The number of pyridine rings is 1. The summed E-state index contributed by atoms with van der Waals surface area (Å²) in [5, 5.41) is 6.01. The highest BCUT2D eigenvalue weighted by atomic mass is 16.5. The Kier molecular flexibility index (Phi) is 3.75. The zero-order chi connectivity index (χ0) is 17.3. The van der Waals surface area contributed by atoms with Crippen LogP contribution >= 0.6 is 0 Å². The average molecular weight is 345 g/mol. The van der Waals surface area contributed by atoms with Gasteiger partial charge in [0.25, 0.3) is 0 Å². The predicted octanol–water partition coefficient (Wildman–Crippen LogP) is 3.98. The number of imidazole rings is 1. The van der Waals surface area contributed by atoms with Crippen LogP contribution in [0.4, 0.5) is 0 Å². The normalized spacial score (nSPS) is 17.6. The van der Waals surface area contributed by atoms with Crippen molar-refractivity contribution in [2.24, 2.45) is 0 Å². The van der Waals surface area contributed by atoms with Crippen molar-refractivity contribution in [1.82, 2.24) is 24.3 Å². The summed E-state index contributed by atoms with van der Waals surface area (Å²) in [5.74, 6) is 0.830. The van der Waals surface area contributed by atoms with E-state index in [4.69, 9.17) is 9.84 Å². The molecule has 0 amide bonds. The fourth-order valence-corrected chi connectivity index (χ4v) is 3.51. The molecule has 130 valence electrons. The van der Waals surface area contributed by atoms with Gasteiger partial charge in [0.05, 0.1) is 11.7 Å². The molecule has 4 aromatic rings. The number of rotatable bonds is 3. The van der Waals surface area contributed by atoms with Gasteiger partial charge in [0, 0.05) is 30.0 Å². The average Bonchev–Trinajstić information content (AvgIpc) is 3.37. The molecule has 1 unspecified atom stereocenters. The molecule has 3 aromatic heterocycles. The monoisotopic (exact) mass is 345 g/mol. The Morgan fingerprint density at radius 3 is 2.81 bits per heavy atom. The van der Waals surface area contributed by atoms with E-state index in [0.29, 0.717) is 0 Å². The number of benzene rings is 1. The summed E-state index contributed by atoms with van der Waals surface area (Å²) < 4.78 is 9.89. The summed E-state index contributed by atoms with van der Waals surface area (Å²) in [6.45, 7) is 0.785. The maximum absolute atomic E-state index is 5.98. The number of nitrogens with zero attached hydrogens (tertiary/aromatic N) is 5. The molecule has 26 heavy (non-hydrogen) atoms. The quantitative estimate of drug-likeness (QED) is 0.563. The van der Waals surface area contributed by atoms with Gasteiger partial charge in [-0.05, 0) is 25.3 Å². The molecule has 1 saturated heterocycles. The molecule has 6 nitrogen and oxygen atoms in total. The SMILES string of the molecule is c1ccc(-c2nn(C3CCCCO3)c3cnc(-n4ccnc4)cc23)cc1. The molecule has 0 aliphatic carbocycles. The van der Waals surface area contributed by atoms with Crippen LogP contribution in [0.15, 0.2) is 61.3 Å². The molecule has 1 aromatic carbocycles. The van der Waals surface area contributed by atoms with E-state index in [1.807, 2.05) is 39.8 Å². The minimum atomic E-state index is -0.0235. The molecule has 0 saturated carbocycles. The highest BCUT2D eigenvalue weighted by Crippen LogP contribution is 2.33. The van der Waals surface area contributed by atoms with Crippen LogP contribution in [-0.2, 0) is 4.74 Å². The van der Waals surface area contributed by atoms with Gasteiger partial charge in [-0.15, -0.1) is 0 Å². The van der Waals surface area contributed by atoms with Crippen molar-refractivity contribution >= 4 is 10.9 Å². The minimum Gasteiger partial charge on any atom is -0.356 e. The molecule has 1 aliphatic heterocycles. The third-order valence-corrected chi connectivity index (χ3v) is 4.82. The second-order valence-corrected chi connectivity index (χ2v) is 6.51. The summed E-state index contributed by atoms with van der Waals surface area (Å²) >= 11 is 0. The number of hydrogen-bond donors (Lipinski definition) is 0. The lowest BCUT2D eigenvalue weighted by Crippen LogP contribution is -2.19. The van der Waals surface area contributed by atoms with Gasteiger partial charge in [0.15, 0.2) is 6.23 Å². The fraction of sp³-hybridized carbons (Fsp3) is 0.250. The van der Waals surface area contributed by atoms with Crippen LogP contribution in [0, 0.1) is 0 Å². The van der Waals surface area contributed by atoms with E-state index in [0.717, 1.165) is 53.8 Å². The third kappa shape index (κ3) is 2.59. The molecule has 1 atom stereocenters. The molecule has 0 bridgehead atoms. The van der Waals surface area contributed by atoms with Crippen molar-refractivity contribution in [3.8, 4) is 17.1 Å². The number of fused-ring (bicyclic) bond motifs is 1. The van der Waals surface area contributed by atoms with Gasteiger partial charge in [0.2, 0.25) is 0 Å². The van der Waals surface area contributed by atoms with Crippen molar-refractivity contribution in [2.45, 2.75) is 25.5 Å². The van der Waals surface area contributed by atoms with Crippen molar-refractivity contribution in [2.75, 3.05) is 6.61 Å². The van der Waals surface area contributed by atoms with E-state index in [1.165, 1.54) is 0 Å². The zero-order valence-electron chi connectivity index (χ0n) is 14.3. The maximum Gasteiger partial charge on any atom is 0.150 e. The second kappa shape index (κ2) is 6.38. The van der Waals surface area contributed by atoms with E-state index in [2.05, 4.69) is 28.2 Å². The van der Waals surface area contributed by atoms with E-state index in [9.17, 15) is 0 Å². The molecular formula is C20H19N5O. The lowest BCUT2D eigenvalue weighted by Gasteiger charge is -2.23. The molecule has 0 N–H and O–H groups in total. The van der Waals surface area contributed by atoms with Gasteiger partial charge in [0.1, 0.15) is 17.8 Å². The molecular weight excluding hydrogens is 326 g/mol. The van der Waals surface area contributed by atoms with E-state index in [-0.39, 0.29) is 6.23 Å². The van der Waals surface area contributed by atoms with Crippen molar-refractivity contribution < 1.29 is 4.74 Å². The van der Waals surface area contributed by atoms with E-state index in [1.54, 1.807) is 12.5 Å². The van der Waals surface area contributed by atoms with Gasteiger partial charge >= 0.3 is 0 Å². The topological polar surface area (TPSA) is 57.8 Å². The third-order valence-electron chi connectivity index (χ3n) is 4.82. The smallest absolute Gasteiger partial charge is 0.150 e. The van der Waals surface area contributed by atoms with E-state index >= 15 is 0 Å². The second-order valence-electron chi connectivity index (χ2n) is 6.51. The van der Waals surface area contributed by atoms with Crippen LogP contribution in [-0.4, -0.2) is 30.9 Å². The molecule has 1 fully saturated rings. The van der Waals surface area contributed by atoms with Gasteiger partial charge in [-0.1, -0.05) is 30.3 Å². The lowest BCUT2D eigenvalue weighted by atomic mass is 10.1. The summed E-state index contributed by atoms with van der Waals surface area (Å²) in [7, 11) is 0. The Bertz CT molecular complexity index is 1020. The van der Waals surface area contributed by atoms with Crippen molar-refractivity contribution in [3.05, 3.63) is 61.3 Å². The van der Waals surface area contributed by atoms with Crippen LogP contribution in [0.3, 0.4) is 0 Å². The molecule has 5 rings (SSSR count). The molecule has 6 heteroatoms. The highest BCUT2D eigenvalue weighted by molar-refractivity contribution is 5.93. The number of hydrogen-bond acceptors (Lipinski definition) is 4. The predicted molar refractivity (Wildman–Crippen MR) is 98.9 cm³/mol. The molecule has 0 radical (unpaired) electrons. The Labute approximate surface area is 151 Å². The first kappa shape index (κ1) is 15.3. The van der Waals surface area contributed by atoms with Gasteiger partial charge in [-0.25, -0.2) is 14.6 Å². The Morgan fingerprint density at radius 1 is 1.12 bits per heavy atom. The van der Waals surface area contributed by atoms with Crippen molar-refractivity contribution in [1.29, 1.82) is 0 Å². The Morgan fingerprint density at radius 2 is 2.04 bits per heavy atom. The van der Waals surface area contributed by atoms with Crippen LogP contribution in [0.1, 0.15) is 25.5 Å². The summed E-state index contributed by atoms with van der Waals surface area (Å²) in [4.78, 5) is 8.74. The van der Waals surface area contributed by atoms with Crippen LogP contribution < -0.4 is 0 Å². The van der Waals surface area contributed by atoms with Gasteiger partial charge in [-0.3, -0.25) is 4.57 Å². The Balaban J connectivity index is 1.71. The summed E-state index contributed by atoms with van der Waals surface area (Å²) in [6.07, 6.45) is 10.5. The highest BCUT2D eigenvalue weighted by Gasteiger charge is 2.22. The summed E-state index contributed by atoms with van der Waals surface area (Å²) in [5.41, 5.74) is 3.05. The van der Waals surface area contributed by atoms with Crippen LogP contribution in [0.2, 0.25) is 0 Å². The largest absolute Gasteiger partial charge is 0.356 e. The standard InChI is InChI=1S/C20H19N5O/c1-2-6-15(7-3-1)20-16-12-18(24-10-9-21-14-24)22-13-17(16)25(23-20)19-8-4-5-11-26-19/h1-3,6-7,9-10,12-14,19H,4-5,8,11H2. The molecule has 4 heterocycles.